The number of hydrogen-bond donors (Lipinski definition) is 2. The van der Waals surface area contributed by atoms with Gasteiger partial charge in [0.25, 0.3) is 5.91 Å². The minimum Gasteiger partial charge on any atom is -0.507 e. The summed E-state index contributed by atoms with van der Waals surface area (Å²) < 4.78 is 0.717. The third-order valence-electron chi connectivity index (χ3n) is 2.93. The van der Waals surface area contributed by atoms with Gasteiger partial charge < -0.3 is 10.4 Å². The second-order valence-corrected chi connectivity index (χ2v) is 5.29. The predicted octanol–water partition coefficient (Wildman–Crippen LogP) is 3.35. The number of amides is 1. The van der Waals surface area contributed by atoms with E-state index >= 15 is 0 Å². The minimum absolute atomic E-state index is 0.0729. The highest BCUT2D eigenvalue weighted by atomic mass is 79.9. The molecule has 21 heavy (non-hydrogen) atoms. The summed E-state index contributed by atoms with van der Waals surface area (Å²) in [6, 6.07) is 9.94. The quantitative estimate of drug-likeness (QED) is 0.748. The molecule has 0 bridgehead atoms. The molecule has 0 fully saturated rings. The summed E-state index contributed by atoms with van der Waals surface area (Å²) in [5, 5.41) is 12.5. The van der Waals surface area contributed by atoms with Crippen molar-refractivity contribution < 1.29 is 9.90 Å². The number of phenolic OH excluding ortho intramolecular Hbond substituents is 1. The molecule has 0 aliphatic rings. The third-order valence-corrected chi connectivity index (χ3v) is 3.42. The SMILES string of the molecule is O=C(Nc1ccc2nccnc2c1)c1cc(Br)ccc1O. The van der Waals surface area contributed by atoms with Crippen LogP contribution in [-0.2, 0) is 0 Å². The molecule has 2 aromatic carbocycles. The smallest absolute Gasteiger partial charge is 0.259 e. The zero-order valence-electron chi connectivity index (χ0n) is 10.7. The normalized spacial score (nSPS) is 10.5. The van der Waals surface area contributed by atoms with Crippen LogP contribution in [0.3, 0.4) is 0 Å². The summed E-state index contributed by atoms with van der Waals surface area (Å²) in [5.74, 6) is -0.465. The van der Waals surface area contributed by atoms with Gasteiger partial charge in [-0.05, 0) is 36.4 Å². The Labute approximate surface area is 128 Å². The highest BCUT2D eigenvalue weighted by molar-refractivity contribution is 9.10. The molecule has 0 radical (unpaired) electrons. The number of nitrogens with zero attached hydrogens (tertiary/aromatic N) is 2. The maximum absolute atomic E-state index is 12.2. The van der Waals surface area contributed by atoms with E-state index < -0.39 is 5.91 Å². The summed E-state index contributed by atoms with van der Waals surface area (Å²) in [7, 11) is 0. The summed E-state index contributed by atoms with van der Waals surface area (Å²) >= 11 is 3.27. The van der Waals surface area contributed by atoms with Gasteiger partial charge in [-0.25, -0.2) is 0 Å². The first-order valence-corrected chi connectivity index (χ1v) is 6.93. The van der Waals surface area contributed by atoms with Gasteiger partial charge in [0.15, 0.2) is 0 Å². The van der Waals surface area contributed by atoms with Crippen molar-refractivity contribution >= 4 is 38.6 Å². The van der Waals surface area contributed by atoms with E-state index in [0.29, 0.717) is 11.2 Å². The van der Waals surface area contributed by atoms with Gasteiger partial charge in [-0.2, -0.15) is 0 Å². The first-order valence-electron chi connectivity index (χ1n) is 6.14. The molecule has 5 nitrogen and oxygen atoms in total. The van der Waals surface area contributed by atoms with Crippen LogP contribution in [0.25, 0.3) is 11.0 Å². The topological polar surface area (TPSA) is 75.1 Å². The summed E-state index contributed by atoms with van der Waals surface area (Å²) in [6.07, 6.45) is 3.20. The number of carbonyl (C=O) groups excluding carboxylic acids is 1. The van der Waals surface area contributed by atoms with Gasteiger partial charge in [0.1, 0.15) is 5.75 Å². The van der Waals surface area contributed by atoms with Crippen LogP contribution >= 0.6 is 15.9 Å². The van der Waals surface area contributed by atoms with Crippen LogP contribution in [0.2, 0.25) is 0 Å². The van der Waals surface area contributed by atoms with Gasteiger partial charge in [-0.1, -0.05) is 15.9 Å². The molecular weight excluding hydrogens is 334 g/mol. The van der Waals surface area contributed by atoms with Crippen LogP contribution in [0, 0.1) is 0 Å². The van der Waals surface area contributed by atoms with E-state index in [0.717, 1.165) is 9.99 Å². The number of anilines is 1. The molecule has 6 heteroatoms. The Morgan fingerprint density at radius 1 is 1.05 bits per heavy atom. The number of aromatic hydroxyl groups is 1. The number of aromatic nitrogens is 2. The lowest BCUT2D eigenvalue weighted by Gasteiger charge is -2.08. The van der Waals surface area contributed by atoms with Crippen LogP contribution in [-0.4, -0.2) is 21.0 Å². The maximum atomic E-state index is 12.2. The molecule has 1 aromatic heterocycles. The van der Waals surface area contributed by atoms with Crippen molar-refractivity contribution in [3.05, 3.63) is 58.8 Å². The van der Waals surface area contributed by atoms with Crippen molar-refractivity contribution in [3.8, 4) is 5.75 Å². The monoisotopic (exact) mass is 343 g/mol. The predicted molar refractivity (Wildman–Crippen MR) is 83.3 cm³/mol. The molecule has 0 unspecified atom stereocenters. The Bertz CT molecular complexity index is 836. The summed E-state index contributed by atoms with van der Waals surface area (Å²) in [4.78, 5) is 20.5. The Morgan fingerprint density at radius 3 is 2.62 bits per heavy atom. The van der Waals surface area contributed by atoms with Crippen molar-refractivity contribution in [1.82, 2.24) is 9.97 Å². The molecule has 0 saturated carbocycles. The highest BCUT2D eigenvalue weighted by Gasteiger charge is 2.12. The van der Waals surface area contributed by atoms with Crippen LogP contribution in [0.4, 0.5) is 5.69 Å². The molecule has 0 aliphatic heterocycles. The van der Waals surface area contributed by atoms with E-state index in [1.807, 2.05) is 0 Å². The van der Waals surface area contributed by atoms with Gasteiger partial charge in [-0.3, -0.25) is 14.8 Å². The Balaban J connectivity index is 1.90. The van der Waals surface area contributed by atoms with E-state index in [2.05, 4.69) is 31.2 Å². The average molecular weight is 344 g/mol. The van der Waals surface area contributed by atoms with Crippen molar-refractivity contribution in [2.75, 3.05) is 5.32 Å². The number of nitrogens with one attached hydrogen (secondary N) is 1. The van der Waals surface area contributed by atoms with Gasteiger partial charge in [0.2, 0.25) is 0 Å². The molecule has 1 heterocycles. The van der Waals surface area contributed by atoms with E-state index in [1.165, 1.54) is 6.07 Å². The number of phenols is 1. The first kappa shape index (κ1) is 13.5. The second kappa shape index (κ2) is 5.49. The molecule has 0 spiro atoms. The molecule has 0 atom stereocenters. The van der Waals surface area contributed by atoms with Crippen molar-refractivity contribution in [1.29, 1.82) is 0 Å². The van der Waals surface area contributed by atoms with E-state index in [1.54, 1.807) is 42.7 Å². The van der Waals surface area contributed by atoms with Crippen molar-refractivity contribution in [2.24, 2.45) is 0 Å². The zero-order valence-corrected chi connectivity index (χ0v) is 12.3. The molecule has 3 aromatic rings. The molecule has 3 rings (SSSR count). The van der Waals surface area contributed by atoms with Crippen molar-refractivity contribution in [3.63, 3.8) is 0 Å². The largest absolute Gasteiger partial charge is 0.507 e. The maximum Gasteiger partial charge on any atom is 0.259 e. The standard InChI is InChI=1S/C15H10BrN3O2/c16-9-1-4-14(20)11(7-9)15(21)19-10-2-3-12-13(8-10)18-6-5-17-12/h1-8,20H,(H,19,21). The van der Waals surface area contributed by atoms with E-state index in [9.17, 15) is 9.90 Å². The minimum atomic E-state index is -0.392. The van der Waals surface area contributed by atoms with Crippen LogP contribution in [0.5, 0.6) is 5.75 Å². The Kier molecular flexibility index (Phi) is 3.53. The second-order valence-electron chi connectivity index (χ2n) is 4.38. The Hall–Kier alpha value is -2.47. The van der Waals surface area contributed by atoms with Crippen LogP contribution < -0.4 is 5.32 Å². The van der Waals surface area contributed by atoms with Gasteiger partial charge >= 0.3 is 0 Å². The zero-order chi connectivity index (χ0) is 14.8. The number of rotatable bonds is 2. The molecule has 2 N–H and O–H groups in total. The van der Waals surface area contributed by atoms with E-state index in [4.69, 9.17) is 0 Å². The molecule has 104 valence electrons. The summed E-state index contributed by atoms with van der Waals surface area (Å²) in [6.45, 7) is 0. The fourth-order valence-electron chi connectivity index (χ4n) is 1.93. The van der Waals surface area contributed by atoms with E-state index in [-0.39, 0.29) is 11.3 Å². The van der Waals surface area contributed by atoms with Gasteiger partial charge in [-0.15, -0.1) is 0 Å². The number of halogens is 1. The van der Waals surface area contributed by atoms with Gasteiger partial charge in [0, 0.05) is 22.6 Å². The van der Waals surface area contributed by atoms with Crippen LogP contribution in [0.1, 0.15) is 10.4 Å². The summed E-state index contributed by atoms with van der Waals surface area (Å²) in [5.41, 5.74) is 2.23. The molecule has 0 saturated heterocycles. The molecule has 0 aliphatic carbocycles. The fraction of sp³-hybridized carbons (Fsp3) is 0. The number of carbonyl (C=O) groups is 1. The lowest BCUT2D eigenvalue weighted by atomic mass is 10.2. The Morgan fingerprint density at radius 2 is 1.81 bits per heavy atom. The first-order chi connectivity index (χ1) is 10.1. The fourth-order valence-corrected chi connectivity index (χ4v) is 2.29. The lowest BCUT2D eigenvalue weighted by Crippen LogP contribution is -2.12. The molecular formula is C15H10BrN3O2. The van der Waals surface area contributed by atoms with Crippen molar-refractivity contribution in [2.45, 2.75) is 0 Å². The number of fused-ring (bicyclic) bond motifs is 1. The van der Waals surface area contributed by atoms with Gasteiger partial charge in [0.05, 0.1) is 16.6 Å². The average Bonchev–Trinajstić information content (AvgIpc) is 2.49. The molecule has 1 amide bonds. The van der Waals surface area contributed by atoms with Crippen LogP contribution in [0.15, 0.2) is 53.3 Å². The number of hydrogen-bond acceptors (Lipinski definition) is 4. The number of benzene rings is 2. The third kappa shape index (κ3) is 2.85. The lowest BCUT2D eigenvalue weighted by molar-refractivity contribution is 0.102. The highest BCUT2D eigenvalue weighted by Crippen LogP contribution is 2.23.